The molecule has 2 aromatic carbocycles. The Bertz CT molecular complexity index is 682. The molecule has 3 nitrogen and oxygen atoms in total. The predicted octanol–water partition coefficient (Wildman–Crippen LogP) is 5.05. The van der Waals surface area contributed by atoms with Crippen molar-refractivity contribution < 1.29 is 14.6 Å². The molecule has 0 aliphatic heterocycles. The molecule has 2 rings (SSSR count). The summed E-state index contributed by atoms with van der Waals surface area (Å²) in [5.74, 6) is -0.176. The van der Waals surface area contributed by atoms with Crippen LogP contribution in [0.4, 0.5) is 0 Å². The fourth-order valence-electron chi connectivity index (χ4n) is 2.57. The SMILES string of the molecule is CCCCCc1ccc(C(=Cc2ccc(OC)cc2)C(=O)O)cc1. The number of ether oxygens (including phenoxy) is 1. The fraction of sp³-hybridized carbons (Fsp3) is 0.286. The number of benzene rings is 2. The Morgan fingerprint density at radius 3 is 2.25 bits per heavy atom. The van der Waals surface area contributed by atoms with Crippen LogP contribution in [0.25, 0.3) is 11.6 Å². The molecule has 1 N–H and O–H groups in total. The topological polar surface area (TPSA) is 46.5 Å². The summed E-state index contributed by atoms with van der Waals surface area (Å²) in [6.45, 7) is 2.19. The van der Waals surface area contributed by atoms with Gasteiger partial charge in [0.1, 0.15) is 5.75 Å². The van der Waals surface area contributed by atoms with E-state index < -0.39 is 5.97 Å². The molecule has 0 aliphatic rings. The van der Waals surface area contributed by atoms with Crippen molar-refractivity contribution >= 4 is 17.6 Å². The highest BCUT2D eigenvalue weighted by Gasteiger charge is 2.10. The zero-order valence-electron chi connectivity index (χ0n) is 14.3. The van der Waals surface area contributed by atoms with E-state index in [1.54, 1.807) is 13.2 Å². The number of hydrogen-bond acceptors (Lipinski definition) is 2. The zero-order chi connectivity index (χ0) is 17.4. The van der Waals surface area contributed by atoms with E-state index >= 15 is 0 Å². The van der Waals surface area contributed by atoms with Crippen molar-refractivity contribution in [2.45, 2.75) is 32.6 Å². The van der Waals surface area contributed by atoms with Crippen LogP contribution >= 0.6 is 0 Å². The van der Waals surface area contributed by atoms with Gasteiger partial charge in [0, 0.05) is 0 Å². The molecule has 0 bridgehead atoms. The first-order chi connectivity index (χ1) is 11.6. The second-order valence-electron chi connectivity index (χ2n) is 5.79. The number of rotatable bonds is 8. The maximum Gasteiger partial charge on any atom is 0.336 e. The molecule has 2 aromatic rings. The minimum Gasteiger partial charge on any atom is -0.497 e. The Kier molecular flexibility index (Phi) is 6.62. The highest BCUT2D eigenvalue weighted by atomic mass is 16.5. The number of carboxylic acids is 1. The van der Waals surface area contributed by atoms with Gasteiger partial charge in [-0.15, -0.1) is 0 Å². The van der Waals surface area contributed by atoms with E-state index in [2.05, 4.69) is 6.92 Å². The van der Waals surface area contributed by atoms with Gasteiger partial charge in [0.05, 0.1) is 12.7 Å². The molecule has 126 valence electrons. The van der Waals surface area contributed by atoms with E-state index in [4.69, 9.17) is 4.74 Å². The Morgan fingerprint density at radius 1 is 1.04 bits per heavy atom. The maximum atomic E-state index is 11.6. The van der Waals surface area contributed by atoms with Crippen LogP contribution in [0.3, 0.4) is 0 Å². The molecule has 0 radical (unpaired) electrons. The number of unbranched alkanes of at least 4 members (excludes halogenated alkanes) is 2. The summed E-state index contributed by atoms with van der Waals surface area (Å²) in [7, 11) is 1.61. The smallest absolute Gasteiger partial charge is 0.336 e. The molecule has 0 saturated heterocycles. The number of methoxy groups -OCH3 is 1. The molecular formula is C21H24O3. The van der Waals surface area contributed by atoms with Gasteiger partial charge in [0.25, 0.3) is 0 Å². The molecule has 0 aromatic heterocycles. The molecule has 0 unspecified atom stereocenters. The lowest BCUT2D eigenvalue weighted by molar-refractivity contribution is -0.130. The highest BCUT2D eigenvalue weighted by Crippen LogP contribution is 2.21. The molecule has 0 atom stereocenters. The summed E-state index contributed by atoms with van der Waals surface area (Å²) in [5.41, 5.74) is 3.10. The molecule has 3 heteroatoms. The van der Waals surface area contributed by atoms with Gasteiger partial charge in [0.2, 0.25) is 0 Å². The van der Waals surface area contributed by atoms with E-state index in [0.29, 0.717) is 5.57 Å². The van der Waals surface area contributed by atoms with Gasteiger partial charge < -0.3 is 9.84 Å². The van der Waals surface area contributed by atoms with E-state index in [-0.39, 0.29) is 0 Å². The van der Waals surface area contributed by atoms with Gasteiger partial charge in [0.15, 0.2) is 0 Å². The van der Waals surface area contributed by atoms with Crippen molar-refractivity contribution in [2.75, 3.05) is 7.11 Å². The first-order valence-corrected chi connectivity index (χ1v) is 8.32. The van der Waals surface area contributed by atoms with Gasteiger partial charge in [-0.25, -0.2) is 4.79 Å². The van der Waals surface area contributed by atoms with Crippen LogP contribution in [0.5, 0.6) is 5.75 Å². The molecule has 0 spiro atoms. The lowest BCUT2D eigenvalue weighted by Gasteiger charge is -2.06. The normalized spacial score (nSPS) is 11.3. The molecule has 0 amide bonds. The van der Waals surface area contributed by atoms with Crippen LogP contribution < -0.4 is 4.74 Å². The standard InChI is InChI=1S/C21H24O3/c1-3-4-5-6-16-7-11-18(12-8-16)20(21(22)23)15-17-9-13-19(24-2)14-10-17/h7-15H,3-6H2,1-2H3,(H,22,23). The summed E-state index contributed by atoms with van der Waals surface area (Å²) in [6, 6.07) is 15.2. The van der Waals surface area contributed by atoms with E-state index in [0.717, 1.165) is 23.3 Å². The van der Waals surface area contributed by atoms with Crippen molar-refractivity contribution in [1.82, 2.24) is 0 Å². The van der Waals surface area contributed by atoms with Crippen molar-refractivity contribution in [3.63, 3.8) is 0 Å². The monoisotopic (exact) mass is 324 g/mol. The van der Waals surface area contributed by atoms with Crippen LogP contribution in [0, 0.1) is 0 Å². The van der Waals surface area contributed by atoms with Gasteiger partial charge >= 0.3 is 5.97 Å². The third-order valence-corrected chi connectivity index (χ3v) is 3.99. The number of carboxylic acid groups (broad SMARTS) is 1. The molecule has 0 aliphatic carbocycles. The average Bonchev–Trinajstić information content (AvgIpc) is 2.61. The second-order valence-corrected chi connectivity index (χ2v) is 5.79. The summed E-state index contributed by atoms with van der Waals surface area (Å²) in [5, 5.41) is 9.54. The molecule has 0 saturated carbocycles. The van der Waals surface area contributed by atoms with Gasteiger partial charge in [-0.1, -0.05) is 56.2 Å². The van der Waals surface area contributed by atoms with Crippen molar-refractivity contribution in [3.05, 3.63) is 65.2 Å². The van der Waals surface area contributed by atoms with Crippen molar-refractivity contribution in [2.24, 2.45) is 0 Å². The molecule has 0 heterocycles. The molecular weight excluding hydrogens is 300 g/mol. The highest BCUT2D eigenvalue weighted by molar-refractivity contribution is 6.20. The third-order valence-electron chi connectivity index (χ3n) is 3.99. The number of carbonyl (C=O) groups is 1. The van der Waals surface area contributed by atoms with E-state index in [1.807, 2.05) is 48.5 Å². The minimum atomic E-state index is -0.926. The van der Waals surface area contributed by atoms with Crippen molar-refractivity contribution in [3.8, 4) is 5.75 Å². The lowest BCUT2D eigenvalue weighted by Crippen LogP contribution is -2.00. The van der Waals surface area contributed by atoms with E-state index in [1.165, 1.54) is 24.8 Å². The maximum absolute atomic E-state index is 11.6. The largest absolute Gasteiger partial charge is 0.497 e. The summed E-state index contributed by atoms with van der Waals surface area (Å²) < 4.78 is 5.12. The lowest BCUT2D eigenvalue weighted by atomic mass is 9.99. The van der Waals surface area contributed by atoms with Gasteiger partial charge in [-0.2, -0.15) is 0 Å². The molecule has 0 fully saturated rings. The van der Waals surface area contributed by atoms with Gasteiger partial charge in [-0.3, -0.25) is 0 Å². The summed E-state index contributed by atoms with van der Waals surface area (Å²) >= 11 is 0. The Balaban J connectivity index is 2.20. The van der Waals surface area contributed by atoms with Crippen LogP contribution in [-0.2, 0) is 11.2 Å². The van der Waals surface area contributed by atoms with Crippen LogP contribution in [0.1, 0.15) is 42.9 Å². The summed E-state index contributed by atoms with van der Waals surface area (Å²) in [4.78, 5) is 11.6. The Labute approximate surface area is 143 Å². The quantitative estimate of drug-likeness (QED) is 0.420. The van der Waals surface area contributed by atoms with Crippen LogP contribution in [-0.4, -0.2) is 18.2 Å². The zero-order valence-corrected chi connectivity index (χ0v) is 14.3. The Morgan fingerprint density at radius 2 is 1.71 bits per heavy atom. The average molecular weight is 324 g/mol. The molecule has 24 heavy (non-hydrogen) atoms. The van der Waals surface area contributed by atoms with Gasteiger partial charge in [-0.05, 0) is 47.7 Å². The number of hydrogen-bond donors (Lipinski definition) is 1. The minimum absolute atomic E-state index is 0.292. The van der Waals surface area contributed by atoms with Crippen molar-refractivity contribution in [1.29, 1.82) is 0 Å². The second kappa shape index (κ2) is 8.92. The van der Waals surface area contributed by atoms with Crippen LogP contribution in [0.15, 0.2) is 48.5 Å². The third kappa shape index (κ3) is 4.98. The fourth-order valence-corrected chi connectivity index (χ4v) is 2.57. The number of aryl methyl sites for hydroxylation is 1. The first kappa shape index (κ1) is 17.8. The van der Waals surface area contributed by atoms with Crippen LogP contribution in [0.2, 0.25) is 0 Å². The Hall–Kier alpha value is -2.55. The van der Waals surface area contributed by atoms with E-state index in [9.17, 15) is 9.90 Å². The number of aliphatic carboxylic acids is 1. The summed E-state index contributed by atoms with van der Waals surface area (Å²) in [6.07, 6.45) is 6.32. The first-order valence-electron chi connectivity index (χ1n) is 8.32. The predicted molar refractivity (Wildman–Crippen MR) is 98.2 cm³/mol.